The van der Waals surface area contributed by atoms with E-state index in [4.69, 9.17) is 0 Å². The van der Waals surface area contributed by atoms with E-state index in [1.54, 1.807) is 19.2 Å². The molecule has 0 saturated heterocycles. The van der Waals surface area contributed by atoms with Gasteiger partial charge in [-0.3, -0.25) is 14.5 Å². The van der Waals surface area contributed by atoms with Gasteiger partial charge in [0.1, 0.15) is 12.4 Å². The topological polar surface area (TPSA) is 81.8 Å². The average molecular weight is 465 g/mol. The van der Waals surface area contributed by atoms with Crippen LogP contribution in [0.4, 0.5) is 9.18 Å². The van der Waals surface area contributed by atoms with Crippen molar-refractivity contribution in [2.45, 2.75) is 38.8 Å². The molecule has 7 nitrogen and oxygen atoms in total. The lowest BCUT2D eigenvalue weighted by molar-refractivity contribution is -0.132. The van der Waals surface area contributed by atoms with Crippen molar-refractivity contribution in [2.24, 2.45) is 0 Å². The molecule has 2 aromatic carbocycles. The third-order valence-electron chi connectivity index (χ3n) is 6.28. The Kier molecular flexibility index (Phi) is 6.17. The molecule has 34 heavy (non-hydrogen) atoms. The minimum atomic E-state index is -0.576. The van der Waals surface area contributed by atoms with Crippen LogP contribution in [0.3, 0.4) is 0 Å². The molecule has 0 saturated carbocycles. The zero-order chi connectivity index (χ0) is 24.6. The van der Waals surface area contributed by atoms with Gasteiger partial charge < -0.3 is 15.5 Å². The largest absolute Gasteiger partial charge is 0.350 e. The molecule has 0 bridgehead atoms. The van der Waals surface area contributed by atoms with Crippen LogP contribution < -0.4 is 10.6 Å². The number of amides is 4. The van der Waals surface area contributed by atoms with Crippen LogP contribution in [-0.2, 0) is 21.5 Å². The minimum Gasteiger partial charge on any atom is -0.350 e. The molecule has 2 aliphatic rings. The first-order valence-corrected chi connectivity index (χ1v) is 11.2. The summed E-state index contributed by atoms with van der Waals surface area (Å²) in [7, 11) is 1.62. The number of benzene rings is 2. The summed E-state index contributed by atoms with van der Waals surface area (Å²) in [5.41, 5.74) is 3.80. The molecule has 2 aromatic rings. The molecule has 2 N–H and O–H groups in total. The van der Waals surface area contributed by atoms with E-state index in [0.717, 1.165) is 16.7 Å². The van der Waals surface area contributed by atoms with Crippen LogP contribution in [-0.4, -0.2) is 47.8 Å². The Morgan fingerprint density at radius 3 is 2.35 bits per heavy atom. The number of nitrogens with one attached hydrogen (secondary N) is 2. The molecule has 2 heterocycles. The Morgan fingerprint density at radius 2 is 1.74 bits per heavy atom. The molecule has 4 amide bonds. The third kappa shape index (κ3) is 4.66. The quantitative estimate of drug-likeness (QED) is 0.713. The van der Waals surface area contributed by atoms with Crippen LogP contribution in [0, 0.1) is 5.82 Å². The summed E-state index contributed by atoms with van der Waals surface area (Å²) in [5, 5.41) is 5.68. The lowest BCUT2D eigenvalue weighted by Gasteiger charge is -2.31. The molecule has 2 aliphatic heterocycles. The van der Waals surface area contributed by atoms with Crippen LogP contribution in [0.15, 0.2) is 59.8 Å². The van der Waals surface area contributed by atoms with E-state index in [9.17, 15) is 18.8 Å². The average Bonchev–Trinajstić information content (AvgIpc) is 3.11. The first-order valence-electron chi connectivity index (χ1n) is 11.2. The maximum absolute atomic E-state index is 13.3. The smallest absolute Gasteiger partial charge is 0.322 e. The molecule has 178 valence electrons. The predicted molar refractivity (Wildman–Crippen MR) is 126 cm³/mol. The van der Waals surface area contributed by atoms with Gasteiger partial charge in [-0.15, -0.1) is 0 Å². The molecular formula is C26H29FN4O3. The number of nitrogens with zero attached hydrogens (tertiary/aromatic N) is 2. The van der Waals surface area contributed by atoms with Crippen molar-refractivity contribution in [3.05, 3.63) is 82.3 Å². The van der Waals surface area contributed by atoms with Crippen molar-refractivity contribution in [2.75, 3.05) is 20.1 Å². The molecule has 0 radical (unpaired) electrons. The van der Waals surface area contributed by atoms with E-state index < -0.39 is 6.04 Å². The fourth-order valence-electron chi connectivity index (χ4n) is 4.21. The first kappa shape index (κ1) is 23.5. The normalized spacial score (nSPS) is 18.2. The Balaban J connectivity index is 1.49. The lowest BCUT2D eigenvalue weighted by Crippen LogP contribution is -2.45. The summed E-state index contributed by atoms with van der Waals surface area (Å²) >= 11 is 0. The van der Waals surface area contributed by atoms with Crippen molar-refractivity contribution < 1.29 is 18.8 Å². The van der Waals surface area contributed by atoms with Gasteiger partial charge in [-0.2, -0.15) is 0 Å². The third-order valence-corrected chi connectivity index (χ3v) is 6.28. The second kappa shape index (κ2) is 8.93. The van der Waals surface area contributed by atoms with E-state index in [2.05, 4.69) is 31.4 Å². The van der Waals surface area contributed by atoms with E-state index in [1.165, 1.54) is 21.9 Å². The number of carbonyl (C=O) groups excluding carboxylic acids is 3. The summed E-state index contributed by atoms with van der Waals surface area (Å²) in [5.74, 6) is -0.946. The van der Waals surface area contributed by atoms with E-state index in [0.29, 0.717) is 11.3 Å². The molecule has 0 aliphatic carbocycles. The number of halogens is 1. The highest BCUT2D eigenvalue weighted by Gasteiger charge is 2.43. The number of carbonyl (C=O) groups is 3. The Bertz CT molecular complexity index is 1150. The van der Waals surface area contributed by atoms with Crippen LogP contribution in [0.2, 0.25) is 0 Å². The van der Waals surface area contributed by atoms with Gasteiger partial charge in [-0.1, -0.05) is 57.2 Å². The van der Waals surface area contributed by atoms with Crippen LogP contribution in [0.25, 0.3) is 0 Å². The van der Waals surface area contributed by atoms with Gasteiger partial charge in [0.05, 0.1) is 23.9 Å². The molecular weight excluding hydrogens is 435 g/mol. The maximum Gasteiger partial charge on any atom is 0.322 e. The van der Waals surface area contributed by atoms with Gasteiger partial charge in [0.15, 0.2) is 0 Å². The van der Waals surface area contributed by atoms with E-state index in [1.807, 2.05) is 24.3 Å². The highest BCUT2D eigenvalue weighted by Crippen LogP contribution is 2.36. The number of hydrogen-bond acceptors (Lipinski definition) is 3. The van der Waals surface area contributed by atoms with Gasteiger partial charge in [0, 0.05) is 13.6 Å². The van der Waals surface area contributed by atoms with Crippen LogP contribution in [0.1, 0.15) is 43.5 Å². The van der Waals surface area contributed by atoms with Crippen molar-refractivity contribution in [1.82, 2.24) is 20.4 Å². The van der Waals surface area contributed by atoms with E-state index >= 15 is 0 Å². The highest BCUT2D eigenvalue weighted by molar-refractivity contribution is 6.02. The number of hydrogen-bond donors (Lipinski definition) is 2. The van der Waals surface area contributed by atoms with Crippen molar-refractivity contribution in [3.63, 3.8) is 0 Å². The molecule has 8 heteroatoms. The zero-order valence-corrected chi connectivity index (χ0v) is 19.8. The fraction of sp³-hybridized carbons (Fsp3) is 0.346. The van der Waals surface area contributed by atoms with Gasteiger partial charge in [0.2, 0.25) is 5.91 Å². The summed E-state index contributed by atoms with van der Waals surface area (Å²) in [6, 6.07) is 12.9. The second-order valence-corrected chi connectivity index (χ2v) is 9.74. The molecule has 0 fully saturated rings. The number of rotatable bonds is 5. The Morgan fingerprint density at radius 1 is 1.09 bits per heavy atom. The van der Waals surface area contributed by atoms with Gasteiger partial charge in [-0.05, 0) is 34.2 Å². The first-order chi connectivity index (χ1) is 16.0. The molecule has 4 rings (SSSR count). The maximum atomic E-state index is 13.3. The molecule has 1 unspecified atom stereocenters. The van der Waals surface area contributed by atoms with Gasteiger partial charge in [0.25, 0.3) is 5.91 Å². The Labute approximate surface area is 198 Å². The molecule has 0 aromatic heterocycles. The SMILES string of the molecule is CN1C(=O)NC(c2ccc(C(C)(C)C)cc2)C2=C1CN(CC(=O)NCc1ccc(F)cc1)C2=O. The summed E-state index contributed by atoms with van der Waals surface area (Å²) < 4.78 is 13.1. The fourth-order valence-corrected chi connectivity index (χ4v) is 4.21. The van der Waals surface area contributed by atoms with Crippen molar-refractivity contribution >= 4 is 17.8 Å². The lowest BCUT2D eigenvalue weighted by atomic mass is 9.85. The van der Waals surface area contributed by atoms with E-state index in [-0.39, 0.29) is 48.7 Å². The predicted octanol–water partition coefficient (Wildman–Crippen LogP) is 3.23. The second-order valence-electron chi connectivity index (χ2n) is 9.74. The summed E-state index contributed by atoms with van der Waals surface area (Å²) in [4.78, 5) is 41.3. The monoisotopic (exact) mass is 464 g/mol. The summed E-state index contributed by atoms with van der Waals surface area (Å²) in [6.07, 6.45) is 0. The van der Waals surface area contributed by atoms with Gasteiger partial charge in [-0.25, -0.2) is 9.18 Å². The number of urea groups is 1. The van der Waals surface area contributed by atoms with Crippen LogP contribution in [0.5, 0.6) is 0 Å². The highest BCUT2D eigenvalue weighted by atomic mass is 19.1. The molecule has 0 spiro atoms. The Hall–Kier alpha value is -3.68. The van der Waals surface area contributed by atoms with Crippen molar-refractivity contribution in [1.29, 1.82) is 0 Å². The standard InChI is InChI=1S/C26H29FN4O3/c1-26(2,3)18-9-7-17(8-10-18)23-22-20(30(4)25(34)29-23)14-31(24(22)33)15-21(32)28-13-16-5-11-19(27)12-6-16/h5-12,23H,13-15H2,1-4H3,(H,28,32)(H,29,34). The minimum absolute atomic E-state index is 0.0137. The van der Waals surface area contributed by atoms with Crippen molar-refractivity contribution in [3.8, 4) is 0 Å². The summed E-state index contributed by atoms with van der Waals surface area (Å²) in [6.45, 7) is 6.65. The zero-order valence-electron chi connectivity index (χ0n) is 19.8. The van der Waals surface area contributed by atoms with Crippen LogP contribution >= 0.6 is 0 Å². The molecule has 1 atom stereocenters. The number of likely N-dealkylation sites (N-methyl/N-ethyl adjacent to an activating group) is 1. The van der Waals surface area contributed by atoms with Gasteiger partial charge >= 0.3 is 6.03 Å².